The molecule has 5 heteroatoms. The van der Waals surface area contributed by atoms with Gasteiger partial charge in [0.1, 0.15) is 11.5 Å². The van der Waals surface area contributed by atoms with Crippen LogP contribution in [0.4, 0.5) is 8.78 Å². The predicted octanol–water partition coefficient (Wildman–Crippen LogP) is 3.41. The van der Waals surface area contributed by atoms with Crippen molar-refractivity contribution in [3.63, 3.8) is 0 Å². The van der Waals surface area contributed by atoms with Crippen molar-refractivity contribution in [2.24, 2.45) is 0 Å². The van der Waals surface area contributed by atoms with Gasteiger partial charge in [0.05, 0.1) is 14.2 Å². The molecular formula is C16H14F2O3. The van der Waals surface area contributed by atoms with E-state index in [1.807, 2.05) is 0 Å². The molecule has 0 heterocycles. The van der Waals surface area contributed by atoms with Crippen LogP contribution in [0.2, 0.25) is 0 Å². The molecule has 110 valence electrons. The maximum Gasteiger partial charge on any atom is 0.167 e. The first kappa shape index (κ1) is 15.0. The lowest BCUT2D eigenvalue weighted by Crippen LogP contribution is -2.07. The van der Waals surface area contributed by atoms with Crippen LogP contribution in [-0.2, 0) is 6.42 Å². The van der Waals surface area contributed by atoms with E-state index >= 15 is 0 Å². The highest BCUT2D eigenvalue weighted by Gasteiger charge is 2.15. The van der Waals surface area contributed by atoms with E-state index in [9.17, 15) is 13.6 Å². The number of rotatable bonds is 5. The molecule has 0 aliphatic heterocycles. The average molecular weight is 292 g/mol. The summed E-state index contributed by atoms with van der Waals surface area (Å²) in [5.41, 5.74) is 0.330. The van der Waals surface area contributed by atoms with E-state index in [2.05, 4.69) is 0 Å². The number of carbonyl (C=O) groups is 1. The van der Waals surface area contributed by atoms with Gasteiger partial charge in [-0.2, -0.15) is 0 Å². The van der Waals surface area contributed by atoms with Gasteiger partial charge in [0, 0.05) is 18.1 Å². The van der Waals surface area contributed by atoms with Gasteiger partial charge in [-0.15, -0.1) is 0 Å². The van der Waals surface area contributed by atoms with Crippen molar-refractivity contribution in [3.8, 4) is 11.5 Å². The zero-order valence-corrected chi connectivity index (χ0v) is 11.7. The molecule has 2 rings (SSSR count). The van der Waals surface area contributed by atoms with Gasteiger partial charge in [-0.25, -0.2) is 8.78 Å². The Morgan fingerprint density at radius 1 is 1.05 bits per heavy atom. The third kappa shape index (κ3) is 3.37. The summed E-state index contributed by atoms with van der Waals surface area (Å²) in [6.45, 7) is 0. The van der Waals surface area contributed by atoms with Gasteiger partial charge in [-0.3, -0.25) is 4.79 Å². The molecule has 2 aromatic rings. The van der Waals surface area contributed by atoms with Crippen molar-refractivity contribution in [2.75, 3.05) is 14.2 Å². The van der Waals surface area contributed by atoms with Gasteiger partial charge < -0.3 is 9.47 Å². The number of benzene rings is 2. The molecule has 0 amide bonds. The first-order valence-electron chi connectivity index (χ1n) is 6.24. The number of hydrogen-bond acceptors (Lipinski definition) is 3. The molecule has 0 atom stereocenters. The second kappa shape index (κ2) is 6.35. The lowest BCUT2D eigenvalue weighted by molar-refractivity contribution is 0.0991. The summed E-state index contributed by atoms with van der Waals surface area (Å²) in [4.78, 5) is 12.2. The Kier molecular flexibility index (Phi) is 4.52. The third-order valence-electron chi connectivity index (χ3n) is 3.06. The second-order valence-electron chi connectivity index (χ2n) is 4.41. The molecule has 0 aliphatic carbocycles. The minimum absolute atomic E-state index is 0.0155. The summed E-state index contributed by atoms with van der Waals surface area (Å²) in [5, 5.41) is 0. The molecule has 3 nitrogen and oxygen atoms in total. The number of Topliss-reactive ketones (excluding diaryl/α,β-unsaturated/α-hetero) is 1. The third-order valence-corrected chi connectivity index (χ3v) is 3.06. The number of halogens is 2. The van der Waals surface area contributed by atoms with E-state index < -0.39 is 11.6 Å². The van der Waals surface area contributed by atoms with E-state index in [0.29, 0.717) is 17.1 Å². The molecule has 0 unspecified atom stereocenters. The maximum absolute atomic E-state index is 13.6. The molecule has 0 spiro atoms. The highest BCUT2D eigenvalue weighted by molar-refractivity contribution is 5.98. The van der Waals surface area contributed by atoms with Gasteiger partial charge in [0.25, 0.3) is 0 Å². The summed E-state index contributed by atoms with van der Waals surface area (Å²) in [6, 6.07) is 8.45. The zero-order valence-electron chi connectivity index (χ0n) is 11.7. The molecule has 21 heavy (non-hydrogen) atoms. The summed E-state index contributed by atoms with van der Waals surface area (Å²) in [7, 11) is 2.94. The molecule has 0 saturated heterocycles. The SMILES string of the molecule is COc1cc(OC)cc(C(=O)Cc2cccc(F)c2F)c1. The first-order valence-corrected chi connectivity index (χ1v) is 6.24. The summed E-state index contributed by atoms with van der Waals surface area (Å²) in [5.74, 6) is -1.41. The lowest BCUT2D eigenvalue weighted by atomic mass is 10.0. The maximum atomic E-state index is 13.6. The summed E-state index contributed by atoms with van der Waals surface area (Å²) < 4.78 is 36.9. The molecule has 0 N–H and O–H groups in total. The van der Waals surface area contributed by atoms with Crippen molar-refractivity contribution in [1.29, 1.82) is 0 Å². The van der Waals surface area contributed by atoms with Gasteiger partial charge in [-0.1, -0.05) is 12.1 Å². The second-order valence-corrected chi connectivity index (χ2v) is 4.41. The molecule has 0 radical (unpaired) electrons. The zero-order chi connectivity index (χ0) is 15.4. The minimum Gasteiger partial charge on any atom is -0.497 e. The van der Waals surface area contributed by atoms with Gasteiger partial charge in [0.15, 0.2) is 17.4 Å². The highest BCUT2D eigenvalue weighted by Crippen LogP contribution is 2.24. The number of methoxy groups -OCH3 is 2. The average Bonchev–Trinajstić information content (AvgIpc) is 2.51. The largest absolute Gasteiger partial charge is 0.497 e. The number of hydrogen-bond donors (Lipinski definition) is 0. The van der Waals surface area contributed by atoms with E-state index in [1.54, 1.807) is 6.07 Å². The Bertz CT molecular complexity index is 646. The van der Waals surface area contributed by atoms with Crippen LogP contribution in [0.25, 0.3) is 0 Å². The summed E-state index contributed by atoms with van der Waals surface area (Å²) in [6.07, 6.45) is -0.236. The van der Waals surface area contributed by atoms with Crippen LogP contribution in [0.3, 0.4) is 0 Å². The topological polar surface area (TPSA) is 35.5 Å². The first-order chi connectivity index (χ1) is 10.0. The van der Waals surface area contributed by atoms with Gasteiger partial charge in [0.2, 0.25) is 0 Å². The predicted molar refractivity (Wildman–Crippen MR) is 73.9 cm³/mol. The van der Waals surface area contributed by atoms with Crippen LogP contribution < -0.4 is 9.47 Å². The van der Waals surface area contributed by atoms with Crippen molar-refractivity contribution >= 4 is 5.78 Å². The molecule has 0 aliphatic rings. The van der Waals surface area contributed by atoms with E-state index in [-0.39, 0.29) is 17.8 Å². The molecule has 0 bridgehead atoms. The monoisotopic (exact) mass is 292 g/mol. The lowest BCUT2D eigenvalue weighted by Gasteiger charge is -2.08. The fourth-order valence-electron chi connectivity index (χ4n) is 1.93. The van der Waals surface area contributed by atoms with Crippen LogP contribution in [0.5, 0.6) is 11.5 Å². The van der Waals surface area contributed by atoms with Crippen molar-refractivity contribution in [3.05, 3.63) is 59.2 Å². The van der Waals surface area contributed by atoms with Crippen molar-refractivity contribution < 1.29 is 23.0 Å². The normalized spacial score (nSPS) is 10.3. The summed E-state index contributed by atoms with van der Waals surface area (Å²) >= 11 is 0. The Hall–Kier alpha value is -2.43. The number of ether oxygens (including phenoxy) is 2. The van der Waals surface area contributed by atoms with E-state index in [4.69, 9.17) is 9.47 Å². The van der Waals surface area contributed by atoms with Crippen LogP contribution in [0.1, 0.15) is 15.9 Å². The Balaban J connectivity index is 2.30. The molecule has 2 aromatic carbocycles. The van der Waals surface area contributed by atoms with Crippen LogP contribution >= 0.6 is 0 Å². The Morgan fingerprint density at radius 2 is 1.67 bits per heavy atom. The fourth-order valence-corrected chi connectivity index (χ4v) is 1.93. The van der Waals surface area contributed by atoms with Gasteiger partial charge in [-0.05, 0) is 23.8 Å². The number of ketones is 1. The standard InChI is InChI=1S/C16H14F2O3/c1-20-12-6-11(7-13(9-12)21-2)15(19)8-10-4-3-5-14(17)16(10)18/h3-7,9H,8H2,1-2H3. The molecular weight excluding hydrogens is 278 g/mol. The van der Waals surface area contributed by atoms with E-state index in [1.165, 1.54) is 38.5 Å². The van der Waals surface area contributed by atoms with Crippen LogP contribution in [0, 0.1) is 11.6 Å². The van der Waals surface area contributed by atoms with Crippen LogP contribution in [-0.4, -0.2) is 20.0 Å². The van der Waals surface area contributed by atoms with Crippen molar-refractivity contribution in [2.45, 2.75) is 6.42 Å². The minimum atomic E-state index is -0.999. The quantitative estimate of drug-likeness (QED) is 0.792. The van der Waals surface area contributed by atoms with Gasteiger partial charge >= 0.3 is 0 Å². The molecule has 0 saturated carbocycles. The fraction of sp³-hybridized carbons (Fsp3) is 0.188. The highest BCUT2D eigenvalue weighted by atomic mass is 19.2. The smallest absolute Gasteiger partial charge is 0.167 e. The number of carbonyl (C=O) groups excluding carboxylic acids is 1. The Labute approximate surface area is 121 Å². The Morgan fingerprint density at radius 3 is 2.24 bits per heavy atom. The van der Waals surface area contributed by atoms with Crippen molar-refractivity contribution in [1.82, 2.24) is 0 Å². The molecule has 0 fully saturated rings. The van der Waals surface area contributed by atoms with Crippen LogP contribution in [0.15, 0.2) is 36.4 Å². The molecule has 0 aromatic heterocycles. The van der Waals surface area contributed by atoms with E-state index in [0.717, 1.165) is 6.07 Å².